The van der Waals surface area contributed by atoms with Gasteiger partial charge < -0.3 is 15.1 Å². The third-order valence-corrected chi connectivity index (χ3v) is 4.84. The first kappa shape index (κ1) is 13.4. The molecule has 0 bridgehead atoms. The van der Waals surface area contributed by atoms with Crippen molar-refractivity contribution in [1.82, 2.24) is 15.1 Å². The average molecular weight is 265 g/mol. The minimum Gasteiger partial charge on any atom is -0.341 e. The van der Waals surface area contributed by atoms with E-state index in [0.29, 0.717) is 18.5 Å². The van der Waals surface area contributed by atoms with E-state index in [4.69, 9.17) is 0 Å². The molecule has 3 aliphatic rings. The second-order valence-corrected chi connectivity index (χ2v) is 6.36. The summed E-state index contributed by atoms with van der Waals surface area (Å²) in [6, 6.07) is 1.37. The molecule has 0 unspecified atom stereocenters. The lowest BCUT2D eigenvalue weighted by atomic mass is 10.00. The number of carbonyl (C=O) groups excluding carboxylic acids is 1. The van der Waals surface area contributed by atoms with Gasteiger partial charge in [-0.25, -0.2) is 0 Å². The fourth-order valence-corrected chi connectivity index (χ4v) is 3.39. The Morgan fingerprint density at radius 1 is 0.947 bits per heavy atom. The lowest BCUT2D eigenvalue weighted by Gasteiger charge is -2.40. The Kier molecular flexibility index (Phi) is 4.38. The van der Waals surface area contributed by atoms with Crippen LogP contribution in [-0.4, -0.2) is 60.5 Å². The largest absolute Gasteiger partial charge is 0.341 e. The van der Waals surface area contributed by atoms with Crippen LogP contribution in [0.3, 0.4) is 0 Å². The topological polar surface area (TPSA) is 35.6 Å². The number of carbonyl (C=O) groups is 1. The molecule has 2 aliphatic heterocycles. The van der Waals surface area contributed by atoms with Gasteiger partial charge in [0.2, 0.25) is 5.91 Å². The van der Waals surface area contributed by atoms with E-state index >= 15 is 0 Å². The van der Waals surface area contributed by atoms with Crippen molar-refractivity contribution < 1.29 is 4.79 Å². The van der Waals surface area contributed by atoms with Crippen molar-refractivity contribution in [2.24, 2.45) is 0 Å². The summed E-state index contributed by atoms with van der Waals surface area (Å²) in [6.45, 7) is 5.04. The Morgan fingerprint density at radius 3 is 2.26 bits per heavy atom. The maximum absolute atomic E-state index is 12.1. The van der Waals surface area contributed by atoms with E-state index in [-0.39, 0.29) is 0 Å². The summed E-state index contributed by atoms with van der Waals surface area (Å²) in [5.74, 6) is 0.309. The van der Waals surface area contributed by atoms with Gasteiger partial charge in [0.1, 0.15) is 0 Å². The molecule has 0 aromatic carbocycles. The van der Waals surface area contributed by atoms with Crippen LogP contribution in [0.4, 0.5) is 0 Å². The summed E-state index contributed by atoms with van der Waals surface area (Å²) in [7, 11) is 0. The van der Waals surface area contributed by atoms with E-state index in [9.17, 15) is 4.79 Å². The van der Waals surface area contributed by atoms with E-state index < -0.39 is 0 Å². The van der Waals surface area contributed by atoms with Crippen molar-refractivity contribution >= 4 is 5.91 Å². The number of hydrogen-bond acceptors (Lipinski definition) is 3. The lowest BCUT2D eigenvalue weighted by molar-refractivity contribution is -0.131. The van der Waals surface area contributed by atoms with Crippen molar-refractivity contribution in [2.75, 3.05) is 32.7 Å². The van der Waals surface area contributed by atoms with Gasteiger partial charge in [0, 0.05) is 25.2 Å². The van der Waals surface area contributed by atoms with Crippen molar-refractivity contribution in [3.8, 4) is 0 Å². The summed E-state index contributed by atoms with van der Waals surface area (Å²) in [5.41, 5.74) is 0. The van der Waals surface area contributed by atoms with Crippen LogP contribution in [0.2, 0.25) is 0 Å². The molecule has 3 fully saturated rings. The number of hydrogen-bond donors (Lipinski definition) is 1. The second kappa shape index (κ2) is 6.23. The molecule has 3 rings (SSSR count). The monoisotopic (exact) mass is 265 g/mol. The molecule has 108 valence electrons. The fourth-order valence-electron chi connectivity index (χ4n) is 3.39. The SMILES string of the molecule is O=C(CNC1CC1)N1CCC(N2CCCCC2)CC1. The summed E-state index contributed by atoms with van der Waals surface area (Å²) < 4.78 is 0. The van der Waals surface area contributed by atoms with Gasteiger partial charge >= 0.3 is 0 Å². The van der Waals surface area contributed by atoms with Crippen LogP contribution < -0.4 is 5.32 Å². The zero-order valence-electron chi connectivity index (χ0n) is 11.9. The number of nitrogens with one attached hydrogen (secondary N) is 1. The highest BCUT2D eigenvalue weighted by molar-refractivity contribution is 5.78. The molecule has 1 saturated carbocycles. The zero-order valence-corrected chi connectivity index (χ0v) is 11.9. The number of nitrogens with zero attached hydrogens (tertiary/aromatic N) is 2. The molecule has 4 nitrogen and oxygen atoms in total. The van der Waals surface area contributed by atoms with Gasteiger partial charge in [-0.15, -0.1) is 0 Å². The van der Waals surface area contributed by atoms with Gasteiger partial charge in [-0.05, 0) is 51.6 Å². The maximum atomic E-state index is 12.1. The van der Waals surface area contributed by atoms with Crippen LogP contribution in [0.15, 0.2) is 0 Å². The molecular weight excluding hydrogens is 238 g/mol. The third-order valence-electron chi connectivity index (χ3n) is 4.84. The zero-order chi connectivity index (χ0) is 13.1. The Balaban J connectivity index is 1.39. The molecular formula is C15H27N3O. The summed E-state index contributed by atoms with van der Waals surface area (Å²) >= 11 is 0. The van der Waals surface area contributed by atoms with Crippen LogP contribution in [0.25, 0.3) is 0 Å². The number of piperidine rings is 2. The van der Waals surface area contributed by atoms with E-state index in [0.717, 1.165) is 19.1 Å². The molecule has 0 radical (unpaired) electrons. The molecule has 1 N–H and O–H groups in total. The first-order valence-corrected chi connectivity index (χ1v) is 8.08. The summed E-state index contributed by atoms with van der Waals surface area (Å²) in [4.78, 5) is 16.8. The summed E-state index contributed by atoms with van der Waals surface area (Å²) in [6.07, 6.45) is 8.99. The van der Waals surface area contributed by atoms with Crippen molar-refractivity contribution in [1.29, 1.82) is 0 Å². The Bertz CT molecular complexity index is 303. The molecule has 0 spiro atoms. The van der Waals surface area contributed by atoms with E-state index in [1.807, 2.05) is 0 Å². The van der Waals surface area contributed by atoms with Gasteiger partial charge in [0.05, 0.1) is 6.54 Å². The Morgan fingerprint density at radius 2 is 1.63 bits per heavy atom. The first-order valence-electron chi connectivity index (χ1n) is 8.08. The summed E-state index contributed by atoms with van der Waals surface area (Å²) in [5, 5.41) is 3.33. The van der Waals surface area contributed by atoms with Crippen molar-refractivity contribution in [3.63, 3.8) is 0 Å². The molecule has 0 atom stereocenters. The molecule has 2 saturated heterocycles. The predicted molar refractivity (Wildman–Crippen MR) is 76.1 cm³/mol. The van der Waals surface area contributed by atoms with Crippen molar-refractivity contribution in [2.45, 2.75) is 57.0 Å². The van der Waals surface area contributed by atoms with Crippen molar-refractivity contribution in [3.05, 3.63) is 0 Å². The number of amides is 1. The molecule has 1 amide bonds. The average Bonchev–Trinajstić information content (AvgIpc) is 3.30. The normalized spacial score (nSPS) is 26.6. The van der Waals surface area contributed by atoms with Crippen LogP contribution in [0, 0.1) is 0 Å². The second-order valence-electron chi connectivity index (χ2n) is 6.36. The standard InChI is InChI=1S/C15H27N3O/c19-15(12-16-13-4-5-13)18-10-6-14(7-11-18)17-8-2-1-3-9-17/h13-14,16H,1-12H2. The van der Waals surface area contributed by atoms with E-state index in [2.05, 4.69) is 15.1 Å². The third kappa shape index (κ3) is 3.69. The van der Waals surface area contributed by atoms with Crippen LogP contribution in [-0.2, 0) is 4.79 Å². The van der Waals surface area contributed by atoms with Gasteiger partial charge in [-0.1, -0.05) is 6.42 Å². The Labute approximate surface area is 116 Å². The molecule has 1 aliphatic carbocycles. The van der Waals surface area contributed by atoms with E-state index in [1.54, 1.807) is 0 Å². The fraction of sp³-hybridized carbons (Fsp3) is 0.933. The molecule has 2 heterocycles. The van der Waals surface area contributed by atoms with Gasteiger partial charge in [0.25, 0.3) is 0 Å². The number of rotatable bonds is 4. The molecule has 4 heteroatoms. The van der Waals surface area contributed by atoms with E-state index in [1.165, 1.54) is 58.0 Å². The molecule has 0 aromatic rings. The maximum Gasteiger partial charge on any atom is 0.236 e. The minimum atomic E-state index is 0.309. The van der Waals surface area contributed by atoms with Crippen LogP contribution in [0.5, 0.6) is 0 Å². The van der Waals surface area contributed by atoms with Crippen LogP contribution in [0.1, 0.15) is 44.9 Å². The predicted octanol–water partition coefficient (Wildman–Crippen LogP) is 1.22. The quantitative estimate of drug-likeness (QED) is 0.830. The molecule has 0 aromatic heterocycles. The first-order chi connectivity index (χ1) is 9.33. The molecule has 19 heavy (non-hydrogen) atoms. The van der Waals surface area contributed by atoms with Gasteiger partial charge in [0.15, 0.2) is 0 Å². The lowest BCUT2D eigenvalue weighted by Crippen LogP contribution is -2.49. The highest BCUT2D eigenvalue weighted by Crippen LogP contribution is 2.21. The number of likely N-dealkylation sites (tertiary alicyclic amines) is 2. The van der Waals surface area contributed by atoms with Gasteiger partial charge in [-0.3, -0.25) is 4.79 Å². The smallest absolute Gasteiger partial charge is 0.236 e. The Hall–Kier alpha value is -0.610. The highest BCUT2D eigenvalue weighted by atomic mass is 16.2. The van der Waals surface area contributed by atoms with Gasteiger partial charge in [-0.2, -0.15) is 0 Å². The highest BCUT2D eigenvalue weighted by Gasteiger charge is 2.28. The van der Waals surface area contributed by atoms with Crippen LogP contribution >= 0.6 is 0 Å². The minimum absolute atomic E-state index is 0.309.